The van der Waals surface area contributed by atoms with Crippen molar-refractivity contribution in [2.45, 2.75) is 55.6 Å². The standard InChI is InChI=1S/C10H18O5S2/c1-2-16(11,12)15-10(7-8-10)17(13,14)9-5-3-4-6-9/h9H,2-8H2,1H3. The Kier molecular flexibility index (Phi) is 3.29. The van der Waals surface area contributed by atoms with E-state index in [9.17, 15) is 16.8 Å². The summed E-state index contributed by atoms with van der Waals surface area (Å²) in [5.41, 5.74) is 0. The molecule has 0 heterocycles. The summed E-state index contributed by atoms with van der Waals surface area (Å²) in [5.74, 6) is -0.186. The Morgan fingerprint density at radius 1 is 1.12 bits per heavy atom. The first-order chi connectivity index (χ1) is 7.83. The number of rotatable bonds is 5. The summed E-state index contributed by atoms with van der Waals surface area (Å²) < 4.78 is 52.4. The second-order valence-electron chi connectivity index (χ2n) is 4.79. The van der Waals surface area contributed by atoms with Gasteiger partial charge in [0.05, 0.1) is 11.0 Å². The van der Waals surface area contributed by atoms with Crippen LogP contribution < -0.4 is 0 Å². The van der Waals surface area contributed by atoms with Gasteiger partial charge in [0, 0.05) is 0 Å². The molecule has 5 nitrogen and oxygen atoms in total. The Morgan fingerprint density at radius 3 is 2.06 bits per heavy atom. The highest BCUT2D eigenvalue weighted by Crippen LogP contribution is 2.49. The van der Waals surface area contributed by atoms with Crippen molar-refractivity contribution in [3.8, 4) is 0 Å². The summed E-state index contributed by atoms with van der Waals surface area (Å²) >= 11 is 0. The Morgan fingerprint density at radius 2 is 1.65 bits per heavy atom. The third kappa shape index (κ3) is 2.37. The van der Waals surface area contributed by atoms with Crippen molar-refractivity contribution in [2.24, 2.45) is 0 Å². The van der Waals surface area contributed by atoms with Gasteiger partial charge in [-0.2, -0.15) is 8.42 Å². The van der Waals surface area contributed by atoms with E-state index in [1.165, 1.54) is 6.92 Å². The van der Waals surface area contributed by atoms with Gasteiger partial charge in [0.25, 0.3) is 10.1 Å². The van der Waals surface area contributed by atoms with Crippen LogP contribution >= 0.6 is 0 Å². The molecule has 7 heteroatoms. The average molecular weight is 282 g/mol. The van der Waals surface area contributed by atoms with Crippen molar-refractivity contribution in [2.75, 3.05) is 5.75 Å². The van der Waals surface area contributed by atoms with Gasteiger partial charge < -0.3 is 0 Å². The fourth-order valence-electron chi connectivity index (χ4n) is 2.31. The maximum atomic E-state index is 12.3. The van der Waals surface area contributed by atoms with Crippen LogP contribution in [0.25, 0.3) is 0 Å². The van der Waals surface area contributed by atoms with E-state index in [1.54, 1.807) is 0 Å². The molecule has 2 aliphatic rings. The Bertz CT molecular complexity index is 481. The van der Waals surface area contributed by atoms with Gasteiger partial charge in [0.2, 0.25) is 0 Å². The number of sulfone groups is 1. The molecule has 0 bridgehead atoms. The zero-order chi connectivity index (χ0) is 12.7. The predicted molar refractivity (Wildman–Crippen MR) is 63.7 cm³/mol. The second kappa shape index (κ2) is 4.20. The monoisotopic (exact) mass is 282 g/mol. The fourth-order valence-corrected chi connectivity index (χ4v) is 5.98. The highest BCUT2D eigenvalue weighted by atomic mass is 32.2. The van der Waals surface area contributed by atoms with E-state index in [-0.39, 0.29) is 5.75 Å². The lowest BCUT2D eigenvalue weighted by atomic mass is 10.4. The van der Waals surface area contributed by atoms with Gasteiger partial charge in [-0.3, -0.25) is 0 Å². The van der Waals surface area contributed by atoms with Crippen LogP contribution in [0.15, 0.2) is 0 Å². The molecule has 17 heavy (non-hydrogen) atoms. The van der Waals surface area contributed by atoms with Crippen LogP contribution in [0.2, 0.25) is 0 Å². The molecular formula is C10H18O5S2. The molecule has 0 atom stereocenters. The zero-order valence-electron chi connectivity index (χ0n) is 9.88. The topological polar surface area (TPSA) is 77.5 Å². The molecule has 2 fully saturated rings. The van der Waals surface area contributed by atoms with E-state index in [2.05, 4.69) is 0 Å². The van der Waals surface area contributed by atoms with Crippen molar-refractivity contribution in [1.29, 1.82) is 0 Å². The Balaban J connectivity index is 2.21. The van der Waals surface area contributed by atoms with Crippen LogP contribution in [0.5, 0.6) is 0 Å². The summed E-state index contributed by atoms with van der Waals surface area (Å²) in [6, 6.07) is 0. The lowest BCUT2D eigenvalue weighted by Gasteiger charge is -2.20. The minimum absolute atomic E-state index is 0.186. The van der Waals surface area contributed by atoms with Crippen LogP contribution in [-0.4, -0.2) is 32.8 Å². The molecule has 0 aromatic rings. The molecule has 0 aromatic carbocycles. The van der Waals surface area contributed by atoms with Gasteiger partial charge >= 0.3 is 0 Å². The van der Waals surface area contributed by atoms with Gasteiger partial charge in [-0.05, 0) is 32.6 Å². The molecule has 0 N–H and O–H groups in total. The maximum Gasteiger partial charge on any atom is 0.268 e. The predicted octanol–water partition coefficient (Wildman–Crippen LogP) is 1.20. The first kappa shape index (κ1) is 13.3. The smallest absolute Gasteiger partial charge is 0.247 e. The molecule has 0 unspecified atom stereocenters. The highest BCUT2D eigenvalue weighted by Gasteiger charge is 2.61. The fraction of sp³-hybridized carbons (Fsp3) is 1.00. The summed E-state index contributed by atoms with van der Waals surface area (Å²) in [7, 11) is -7.18. The quantitative estimate of drug-likeness (QED) is 0.708. The molecule has 2 saturated carbocycles. The van der Waals surface area contributed by atoms with Crippen molar-refractivity contribution in [3.05, 3.63) is 0 Å². The largest absolute Gasteiger partial charge is 0.268 e. The van der Waals surface area contributed by atoms with Crippen LogP contribution in [0.3, 0.4) is 0 Å². The van der Waals surface area contributed by atoms with Gasteiger partial charge in [-0.25, -0.2) is 12.6 Å². The van der Waals surface area contributed by atoms with Gasteiger partial charge in [-0.15, -0.1) is 0 Å². The Labute approximate surface area is 103 Å². The van der Waals surface area contributed by atoms with E-state index in [0.717, 1.165) is 12.8 Å². The van der Waals surface area contributed by atoms with Crippen molar-refractivity contribution in [3.63, 3.8) is 0 Å². The third-order valence-electron chi connectivity index (χ3n) is 3.55. The second-order valence-corrected chi connectivity index (χ2v) is 9.15. The molecule has 2 rings (SSSR count). The summed E-state index contributed by atoms with van der Waals surface area (Å²) in [6.07, 6.45) is 3.70. The minimum Gasteiger partial charge on any atom is -0.247 e. The molecule has 0 aliphatic heterocycles. The van der Waals surface area contributed by atoms with Crippen LogP contribution in [-0.2, 0) is 24.1 Å². The summed E-state index contributed by atoms with van der Waals surface area (Å²) in [4.78, 5) is -1.42. The van der Waals surface area contributed by atoms with E-state index < -0.39 is 30.1 Å². The van der Waals surface area contributed by atoms with Crippen molar-refractivity contribution < 1.29 is 21.0 Å². The van der Waals surface area contributed by atoms with Crippen LogP contribution in [0.1, 0.15) is 45.4 Å². The van der Waals surface area contributed by atoms with Crippen LogP contribution in [0, 0.1) is 0 Å². The third-order valence-corrected chi connectivity index (χ3v) is 7.81. The lowest BCUT2D eigenvalue weighted by Crippen LogP contribution is -2.36. The van der Waals surface area contributed by atoms with E-state index in [0.29, 0.717) is 25.7 Å². The van der Waals surface area contributed by atoms with E-state index >= 15 is 0 Å². The molecule has 2 aliphatic carbocycles. The van der Waals surface area contributed by atoms with Crippen molar-refractivity contribution in [1.82, 2.24) is 0 Å². The van der Waals surface area contributed by atoms with E-state index in [1.807, 2.05) is 0 Å². The number of hydrogen-bond acceptors (Lipinski definition) is 5. The first-order valence-electron chi connectivity index (χ1n) is 6.00. The molecule has 0 radical (unpaired) electrons. The van der Waals surface area contributed by atoms with Gasteiger partial charge in [0.1, 0.15) is 0 Å². The molecule has 0 aromatic heterocycles. The Hall–Kier alpha value is -0.140. The SMILES string of the molecule is CCS(=O)(=O)OC1(S(=O)(=O)C2CCCC2)CC1. The molecular weight excluding hydrogens is 264 g/mol. The molecule has 0 saturated heterocycles. The zero-order valence-corrected chi connectivity index (χ0v) is 11.5. The van der Waals surface area contributed by atoms with Crippen molar-refractivity contribution >= 4 is 20.0 Å². The molecule has 0 spiro atoms. The van der Waals surface area contributed by atoms with Crippen LogP contribution in [0.4, 0.5) is 0 Å². The molecule has 0 amide bonds. The molecule has 100 valence electrons. The number of hydrogen-bond donors (Lipinski definition) is 0. The van der Waals surface area contributed by atoms with Gasteiger partial charge in [0.15, 0.2) is 14.8 Å². The normalized spacial score (nSPS) is 25.0. The highest BCUT2D eigenvalue weighted by molar-refractivity contribution is 7.94. The van der Waals surface area contributed by atoms with E-state index in [4.69, 9.17) is 4.18 Å². The average Bonchev–Trinajstić information content (AvgIpc) is 2.83. The maximum absolute atomic E-state index is 12.3. The summed E-state index contributed by atoms with van der Waals surface area (Å²) in [5, 5.41) is -0.406. The minimum atomic E-state index is -3.71. The lowest BCUT2D eigenvalue weighted by molar-refractivity contribution is 0.260. The van der Waals surface area contributed by atoms with Gasteiger partial charge in [-0.1, -0.05) is 12.8 Å². The summed E-state index contributed by atoms with van der Waals surface area (Å²) in [6.45, 7) is 1.45. The first-order valence-corrected chi connectivity index (χ1v) is 9.12.